The van der Waals surface area contributed by atoms with Crippen LogP contribution in [-0.2, 0) is 9.53 Å². The third-order valence-electron chi connectivity index (χ3n) is 6.33. The van der Waals surface area contributed by atoms with Crippen LogP contribution in [-0.4, -0.2) is 49.8 Å². The van der Waals surface area contributed by atoms with Gasteiger partial charge in [0.1, 0.15) is 5.75 Å². The highest BCUT2D eigenvalue weighted by Crippen LogP contribution is 2.33. The number of benzene rings is 2. The molecule has 1 saturated carbocycles. The zero-order valence-corrected chi connectivity index (χ0v) is 20.7. The Bertz CT molecular complexity index is 983. The molecule has 4 rings (SSSR count). The smallest absolute Gasteiger partial charge is 0.340 e. The van der Waals surface area contributed by atoms with Gasteiger partial charge in [0.05, 0.1) is 18.4 Å². The van der Waals surface area contributed by atoms with Gasteiger partial charge in [-0.25, -0.2) is 4.79 Å². The van der Waals surface area contributed by atoms with Crippen LogP contribution < -0.4 is 15.5 Å². The van der Waals surface area contributed by atoms with Crippen LogP contribution >= 0.6 is 0 Å². The SMILES string of the molecule is COC(=O)c1cc(N2CCN[C@@H](C)C2)ccc1NC(=O)CCC1CC1.Cc1cccc(C)c1O. The maximum Gasteiger partial charge on any atom is 0.340 e. The maximum absolute atomic E-state index is 12.2. The lowest BCUT2D eigenvalue weighted by molar-refractivity contribution is -0.116. The van der Waals surface area contributed by atoms with E-state index in [-0.39, 0.29) is 5.91 Å². The number of carbonyl (C=O) groups excluding carboxylic acids is 2. The topological polar surface area (TPSA) is 90.9 Å². The van der Waals surface area contributed by atoms with Gasteiger partial charge in [0, 0.05) is 37.8 Å². The summed E-state index contributed by atoms with van der Waals surface area (Å²) >= 11 is 0. The number of amides is 1. The minimum atomic E-state index is -0.428. The van der Waals surface area contributed by atoms with Crippen molar-refractivity contribution >= 4 is 23.3 Å². The molecule has 0 aromatic heterocycles. The lowest BCUT2D eigenvalue weighted by atomic mass is 10.1. The zero-order valence-electron chi connectivity index (χ0n) is 20.7. The number of para-hydroxylation sites is 1. The van der Waals surface area contributed by atoms with E-state index in [1.165, 1.54) is 20.0 Å². The Labute approximate surface area is 202 Å². The largest absolute Gasteiger partial charge is 0.507 e. The van der Waals surface area contributed by atoms with Crippen molar-refractivity contribution in [2.45, 2.75) is 52.5 Å². The molecule has 7 heteroatoms. The third kappa shape index (κ3) is 7.22. The average Bonchev–Trinajstić information content (AvgIpc) is 3.66. The second-order valence-electron chi connectivity index (χ2n) is 9.29. The Morgan fingerprint density at radius 2 is 1.88 bits per heavy atom. The van der Waals surface area contributed by atoms with E-state index in [1.54, 1.807) is 0 Å². The molecular weight excluding hydrogens is 430 g/mol. The van der Waals surface area contributed by atoms with Gasteiger partial charge < -0.3 is 25.4 Å². The van der Waals surface area contributed by atoms with Gasteiger partial charge in [0.2, 0.25) is 5.91 Å². The highest BCUT2D eigenvalue weighted by atomic mass is 16.5. The van der Waals surface area contributed by atoms with Gasteiger partial charge in [-0.15, -0.1) is 0 Å². The molecule has 0 radical (unpaired) electrons. The summed E-state index contributed by atoms with van der Waals surface area (Å²) in [7, 11) is 1.36. The van der Waals surface area contributed by atoms with Crippen LogP contribution in [0.15, 0.2) is 36.4 Å². The predicted molar refractivity (Wildman–Crippen MR) is 136 cm³/mol. The Morgan fingerprint density at radius 1 is 1.18 bits per heavy atom. The number of carbonyl (C=O) groups is 2. The number of nitrogens with zero attached hydrogens (tertiary/aromatic N) is 1. The minimum Gasteiger partial charge on any atom is -0.507 e. The number of piperazine rings is 1. The summed E-state index contributed by atoms with van der Waals surface area (Å²) < 4.78 is 4.91. The first-order chi connectivity index (χ1) is 16.3. The average molecular weight is 468 g/mol. The van der Waals surface area contributed by atoms with Gasteiger partial charge in [0.15, 0.2) is 0 Å². The molecule has 2 fully saturated rings. The van der Waals surface area contributed by atoms with Crippen LogP contribution in [0.5, 0.6) is 5.75 Å². The number of esters is 1. The number of methoxy groups -OCH3 is 1. The number of rotatable bonds is 6. The molecule has 7 nitrogen and oxygen atoms in total. The monoisotopic (exact) mass is 467 g/mol. The molecule has 3 N–H and O–H groups in total. The molecule has 2 aliphatic rings. The number of nitrogens with one attached hydrogen (secondary N) is 2. The number of aryl methyl sites for hydroxylation is 2. The van der Waals surface area contributed by atoms with E-state index < -0.39 is 5.97 Å². The number of hydrogen-bond acceptors (Lipinski definition) is 6. The second-order valence-corrected chi connectivity index (χ2v) is 9.29. The molecule has 0 bridgehead atoms. The number of ether oxygens (including phenoxy) is 1. The quantitative estimate of drug-likeness (QED) is 0.545. The number of phenolic OH excluding ortho intramolecular Hbond substituents is 1. The summed E-state index contributed by atoms with van der Waals surface area (Å²) in [6.45, 7) is 8.60. The molecule has 1 amide bonds. The van der Waals surface area contributed by atoms with E-state index in [9.17, 15) is 14.7 Å². The summed E-state index contributed by atoms with van der Waals surface area (Å²) in [4.78, 5) is 26.6. The number of aromatic hydroxyl groups is 1. The summed E-state index contributed by atoms with van der Waals surface area (Å²) in [6, 6.07) is 11.7. The molecule has 1 aliphatic carbocycles. The van der Waals surface area contributed by atoms with Crippen LogP contribution in [0.4, 0.5) is 11.4 Å². The van der Waals surface area contributed by atoms with Gasteiger partial charge in [-0.3, -0.25) is 4.79 Å². The highest BCUT2D eigenvalue weighted by molar-refractivity contribution is 6.02. The lowest BCUT2D eigenvalue weighted by Gasteiger charge is -2.34. The fourth-order valence-corrected chi connectivity index (χ4v) is 4.04. The fourth-order valence-electron chi connectivity index (χ4n) is 4.04. The van der Waals surface area contributed by atoms with Gasteiger partial charge in [-0.05, 0) is 62.4 Å². The fraction of sp³-hybridized carbons (Fsp3) is 0.481. The van der Waals surface area contributed by atoms with Gasteiger partial charge in [-0.1, -0.05) is 31.0 Å². The van der Waals surface area contributed by atoms with E-state index in [1.807, 2.05) is 50.2 Å². The van der Waals surface area contributed by atoms with E-state index >= 15 is 0 Å². The van der Waals surface area contributed by atoms with E-state index in [0.29, 0.717) is 35.4 Å². The predicted octanol–water partition coefficient (Wildman–Crippen LogP) is 4.41. The van der Waals surface area contributed by atoms with Crippen molar-refractivity contribution in [1.29, 1.82) is 0 Å². The summed E-state index contributed by atoms with van der Waals surface area (Å²) in [6.07, 6.45) is 3.90. The van der Waals surface area contributed by atoms with Crippen LogP contribution in [0, 0.1) is 19.8 Å². The minimum absolute atomic E-state index is 0.0411. The van der Waals surface area contributed by atoms with Gasteiger partial charge in [-0.2, -0.15) is 0 Å². The Balaban J connectivity index is 0.000000302. The molecule has 2 aromatic carbocycles. The molecule has 1 atom stereocenters. The van der Waals surface area contributed by atoms with Crippen LogP contribution in [0.25, 0.3) is 0 Å². The molecule has 0 spiro atoms. The van der Waals surface area contributed by atoms with E-state index in [4.69, 9.17) is 4.74 Å². The lowest BCUT2D eigenvalue weighted by Crippen LogP contribution is -2.49. The van der Waals surface area contributed by atoms with Crippen molar-refractivity contribution in [2.75, 3.05) is 37.0 Å². The molecule has 1 aliphatic heterocycles. The van der Waals surface area contributed by atoms with Crippen molar-refractivity contribution in [3.8, 4) is 5.75 Å². The number of anilines is 2. The number of phenols is 1. The normalized spacial score (nSPS) is 17.4. The van der Waals surface area contributed by atoms with Crippen LogP contribution in [0.1, 0.15) is 54.1 Å². The van der Waals surface area contributed by atoms with Crippen LogP contribution in [0.2, 0.25) is 0 Å². The third-order valence-corrected chi connectivity index (χ3v) is 6.33. The maximum atomic E-state index is 12.2. The Kier molecular flexibility index (Phi) is 8.93. The summed E-state index contributed by atoms with van der Waals surface area (Å²) in [5.41, 5.74) is 3.79. The first-order valence-electron chi connectivity index (χ1n) is 12.0. The van der Waals surface area contributed by atoms with Crippen molar-refractivity contribution in [3.05, 3.63) is 53.1 Å². The van der Waals surface area contributed by atoms with E-state index in [2.05, 4.69) is 22.5 Å². The summed E-state index contributed by atoms with van der Waals surface area (Å²) in [5.74, 6) is 0.656. The number of hydrogen-bond donors (Lipinski definition) is 3. The van der Waals surface area contributed by atoms with Crippen molar-refractivity contribution < 1.29 is 19.4 Å². The second kappa shape index (κ2) is 11.9. The van der Waals surface area contributed by atoms with Crippen molar-refractivity contribution in [3.63, 3.8) is 0 Å². The molecule has 1 heterocycles. The standard InChI is InChI=1S/C19H27N3O3.C8H10O/c1-13-12-22(10-9-20-13)15-6-7-17(16(11-15)19(24)25-2)21-18(23)8-5-14-3-4-14;1-6-4-3-5-7(2)8(6)9/h6-7,11,13-14,20H,3-5,8-10,12H2,1-2H3,(H,21,23);3-5,9H,1-2H3/t13-;/m0./s1. The molecule has 2 aromatic rings. The van der Waals surface area contributed by atoms with Crippen molar-refractivity contribution in [1.82, 2.24) is 5.32 Å². The summed E-state index contributed by atoms with van der Waals surface area (Å²) in [5, 5.41) is 15.5. The van der Waals surface area contributed by atoms with Gasteiger partial charge in [0.25, 0.3) is 0 Å². The molecule has 1 saturated heterocycles. The highest BCUT2D eigenvalue weighted by Gasteiger charge is 2.23. The first kappa shape index (κ1) is 25.6. The van der Waals surface area contributed by atoms with E-state index in [0.717, 1.165) is 42.9 Å². The Morgan fingerprint density at radius 3 is 2.47 bits per heavy atom. The molecule has 184 valence electrons. The first-order valence-corrected chi connectivity index (χ1v) is 12.0. The zero-order chi connectivity index (χ0) is 24.7. The van der Waals surface area contributed by atoms with Crippen LogP contribution in [0.3, 0.4) is 0 Å². The molecule has 34 heavy (non-hydrogen) atoms. The molecular formula is C27H37N3O4. The van der Waals surface area contributed by atoms with Crippen molar-refractivity contribution in [2.24, 2.45) is 5.92 Å². The Hall–Kier alpha value is -3.06. The van der Waals surface area contributed by atoms with Gasteiger partial charge >= 0.3 is 5.97 Å². The molecule has 0 unspecified atom stereocenters.